The Kier molecular flexibility index (Phi) is 5.11. The summed E-state index contributed by atoms with van der Waals surface area (Å²) in [5.74, 6) is 0.871. The van der Waals surface area contributed by atoms with Crippen LogP contribution in [-0.4, -0.2) is 59.7 Å². The van der Waals surface area contributed by atoms with Crippen LogP contribution in [0, 0.1) is 0 Å². The summed E-state index contributed by atoms with van der Waals surface area (Å²) < 4.78 is 5.64. The Bertz CT molecular complexity index is 738. The molecular formula is C20H24N4O2. The normalized spacial score (nSPS) is 20.8. The first-order valence-corrected chi connectivity index (χ1v) is 9.35. The van der Waals surface area contributed by atoms with Crippen molar-refractivity contribution in [2.45, 2.75) is 25.4 Å². The maximum Gasteiger partial charge on any atom is 0.251 e. The van der Waals surface area contributed by atoms with Crippen molar-refractivity contribution in [2.75, 3.05) is 37.7 Å². The lowest BCUT2D eigenvalue weighted by atomic mass is 10.1. The molecule has 0 saturated carbocycles. The highest BCUT2D eigenvalue weighted by molar-refractivity contribution is 5.81. The highest BCUT2D eigenvalue weighted by atomic mass is 16.5. The van der Waals surface area contributed by atoms with E-state index in [0.29, 0.717) is 19.7 Å². The number of hydrogen-bond donors (Lipinski definition) is 0. The van der Waals surface area contributed by atoms with Crippen LogP contribution in [0.3, 0.4) is 0 Å². The quantitative estimate of drug-likeness (QED) is 0.849. The Hall–Kier alpha value is -2.47. The number of aromatic nitrogens is 2. The van der Waals surface area contributed by atoms with Gasteiger partial charge in [0.15, 0.2) is 0 Å². The summed E-state index contributed by atoms with van der Waals surface area (Å²) in [4.78, 5) is 25.8. The van der Waals surface area contributed by atoms with Gasteiger partial charge in [0.05, 0.1) is 5.69 Å². The lowest BCUT2D eigenvalue weighted by Gasteiger charge is -2.37. The molecule has 2 aromatic rings. The number of benzene rings is 1. The maximum atomic E-state index is 12.6. The molecule has 0 spiro atoms. The predicted octanol–water partition coefficient (Wildman–Crippen LogP) is 2.36. The molecule has 1 aromatic heterocycles. The Morgan fingerprint density at radius 3 is 2.58 bits per heavy atom. The molecule has 2 aliphatic rings. The second-order valence-electron chi connectivity index (χ2n) is 6.78. The molecule has 0 bridgehead atoms. The topological polar surface area (TPSA) is 58.6 Å². The minimum Gasteiger partial charge on any atom is -0.368 e. The van der Waals surface area contributed by atoms with E-state index < -0.39 is 0 Å². The van der Waals surface area contributed by atoms with Crippen molar-refractivity contribution < 1.29 is 9.53 Å². The molecule has 26 heavy (non-hydrogen) atoms. The zero-order valence-electron chi connectivity index (χ0n) is 14.9. The summed E-state index contributed by atoms with van der Waals surface area (Å²) in [5.41, 5.74) is 2.00. The lowest BCUT2D eigenvalue weighted by molar-refractivity contribution is -0.146. The standard InChI is InChI=1S/C20H24N4O2/c25-19(18-8-4-5-15-26-18)23-11-13-24(14-12-23)20-21-10-9-17(22-20)16-6-2-1-3-7-16/h1-3,6-7,9-10,18H,4-5,8,11-15H2/t18-/m1/s1. The molecule has 1 amide bonds. The molecule has 4 rings (SSSR count). The number of carbonyl (C=O) groups excluding carboxylic acids is 1. The zero-order valence-corrected chi connectivity index (χ0v) is 14.9. The number of nitrogens with zero attached hydrogens (tertiary/aromatic N) is 4. The number of hydrogen-bond acceptors (Lipinski definition) is 5. The van der Waals surface area contributed by atoms with E-state index in [0.717, 1.165) is 49.6 Å². The van der Waals surface area contributed by atoms with E-state index in [-0.39, 0.29) is 12.0 Å². The van der Waals surface area contributed by atoms with Gasteiger partial charge in [-0.15, -0.1) is 0 Å². The van der Waals surface area contributed by atoms with Crippen molar-refractivity contribution in [2.24, 2.45) is 0 Å². The molecule has 0 unspecified atom stereocenters. The molecule has 6 heteroatoms. The van der Waals surface area contributed by atoms with Crippen molar-refractivity contribution in [3.63, 3.8) is 0 Å². The van der Waals surface area contributed by atoms with Crippen LogP contribution >= 0.6 is 0 Å². The fraction of sp³-hybridized carbons (Fsp3) is 0.450. The smallest absolute Gasteiger partial charge is 0.251 e. The number of anilines is 1. The second-order valence-corrected chi connectivity index (χ2v) is 6.78. The summed E-state index contributed by atoms with van der Waals surface area (Å²) in [6.45, 7) is 3.58. The first kappa shape index (κ1) is 17.0. The Balaban J connectivity index is 1.39. The van der Waals surface area contributed by atoms with Crippen LogP contribution in [0.4, 0.5) is 5.95 Å². The van der Waals surface area contributed by atoms with Gasteiger partial charge in [-0.1, -0.05) is 30.3 Å². The Morgan fingerprint density at radius 2 is 1.85 bits per heavy atom. The van der Waals surface area contributed by atoms with Gasteiger partial charge < -0.3 is 14.5 Å². The van der Waals surface area contributed by atoms with Gasteiger partial charge in [0.2, 0.25) is 5.95 Å². The van der Waals surface area contributed by atoms with Crippen LogP contribution in [-0.2, 0) is 9.53 Å². The summed E-state index contributed by atoms with van der Waals surface area (Å²) in [6, 6.07) is 12.0. The number of piperazine rings is 1. The van der Waals surface area contributed by atoms with Gasteiger partial charge in [0.25, 0.3) is 5.91 Å². The monoisotopic (exact) mass is 352 g/mol. The van der Waals surface area contributed by atoms with Crippen molar-refractivity contribution in [3.8, 4) is 11.3 Å². The van der Waals surface area contributed by atoms with E-state index in [1.165, 1.54) is 0 Å². The van der Waals surface area contributed by atoms with E-state index in [2.05, 4.69) is 9.88 Å². The molecule has 2 aliphatic heterocycles. The lowest BCUT2D eigenvalue weighted by Crippen LogP contribution is -2.52. The van der Waals surface area contributed by atoms with Gasteiger partial charge in [-0.25, -0.2) is 9.97 Å². The van der Waals surface area contributed by atoms with Crippen LogP contribution in [0.5, 0.6) is 0 Å². The van der Waals surface area contributed by atoms with Gasteiger partial charge in [0.1, 0.15) is 6.10 Å². The van der Waals surface area contributed by atoms with Crippen LogP contribution < -0.4 is 4.90 Å². The second kappa shape index (κ2) is 7.83. The molecule has 1 atom stereocenters. The van der Waals surface area contributed by atoms with Gasteiger partial charge in [-0.2, -0.15) is 0 Å². The van der Waals surface area contributed by atoms with E-state index >= 15 is 0 Å². The zero-order chi connectivity index (χ0) is 17.8. The van der Waals surface area contributed by atoms with Crippen molar-refractivity contribution in [3.05, 3.63) is 42.6 Å². The molecular weight excluding hydrogens is 328 g/mol. The number of carbonyl (C=O) groups is 1. The average molecular weight is 352 g/mol. The Labute approximate surface area is 153 Å². The maximum absolute atomic E-state index is 12.6. The third-order valence-corrected chi connectivity index (χ3v) is 5.04. The van der Waals surface area contributed by atoms with Crippen LogP contribution in [0.15, 0.2) is 42.6 Å². The molecule has 2 saturated heterocycles. The fourth-order valence-electron chi connectivity index (χ4n) is 3.54. The molecule has 0 radical (unpaired) electrons. The van der Waals surface area contributed by atoms with Crippen molar-refractivity contribution in [1.82, 2.24) is 14.9 Å². The third-order valence-electron chi connectivity index (χ3n) is 5.04. The molecule has 0 N–H and O–H groups in total. The highest BCUT2D eigenvalue weighted by Gasteiger charge is 2.29. The van der Waals surface area contributed by atoms with E-state index in [9.17, 15) is 4.79 Å². The van der Waals surface area contributed by atoms with Gasteiger partial charge in [0, 0.05) is 44.5 Å². The molecule has 136 valence electrons. The molecule has 0 aliphatic carbocycles. The predicted molar refractivity (Wildman–Crippen MR) is 99.9 cm³/mol. The van der Waals surface area contributed by atoms with E-state index in [4.69, 9.17) is 9.72 Å². The first-order chi connectivity index (χ1) is 12.8. The van der Waals surface area contributed by atoms with Gasteiger partial charge in [-0.3, -0.25) is 4.79 Å². The SMILES string of the molecule is O=C([C@H]1CCCCO1)N1CCN(c2nccc(-c3ccccc3)n2)CC1. The van der Waals surface area contributed by atoms with Crippen LogP contribution in [0.1, 0.15) is 19.3 Å². The number of ether oxygens (including phenoxy) is 1. The van der Waals surface area contributed by atoms with Crippen molar-refractivity contribution in [1.29, 1.82) is 0 Å². The molecule has 3 heterocycles. The van der Waals surface area contributed by atoms with E-state index in [1.54, 1.807) is 6.20 Å². The summed E-state index contributed by atoms with van der Waals surface area (Å²) >= 11 is 0. The summed E-state index contributed by atoms with van der Waals surface area (Å²) in [5, 5.41) is 0. The number of rotatable bonds is 3. The molecule has 2 fully saturated rings. The average Bonchev–Trinajstić information content (AvgIpc) is 2.75. The molecule has 6 nitrogen and oxygen atoms in total. The fourth-order valence-corrected chi connectivity index (χ4v) is 3.54. The van der Waals surface area contributed by atoms with Crippen LogP contribution in [0.2, 0.25) is 0 Å². The van der Waals surface area contributed by atoms with Crippen molar-refractivity contribution >= 4 is 11.9 Å². The molecule has 1 aromatic carbocycles. The van der Waals surface area contributed by atoms with Gasteiger partial charge >= 0.3 is 0 Å². The van der Waals surface area contributed by atoms with Crippen LogP contribution in [0.25, 0.3) is 11.3 Å². The van der Waals surface area contributed by atoms with Gasteiger partial charge in [-0.05, 0) is 25.3 Å². The largest absolute Gasteiger partial charge is 0.368 e. The summed E-state index contributed by atoms with van der Waals surface area (Å²) in [7, 11) is 0. The first-order valence-electron chi connectivity index (χ1n) is 9.35. The Morgan fingerprint density at radius 1 is 1.04 bits per heavy atom. The highest BCUT2D eigenvalue weighted by Crippen LogP contribution is 2.20. The minimum atomic E-state index is -0.243. The minimum absolute atomic E-state index is 0.142. The summed E-state index contributed by atoms with van der Waals surface area (Å²) in [6.07, 6.45) is 4.55. The third kappa shape index (κ3) is 3.70. The van der Waals surface area contributed by atoms with E-state index in [1.807, 2.05) is 41.3 Å². The number of amides is 1.